The van der Waals surface area contributed by atoms with Crippen molar-refractivity contribution in [3.05, 3.63) is 53.4 Å². The Labute approximate surface area is 133 Å². The van der Waals surface area contributed by atoms with Crippen molar-refractivity contribution in [1.29, 1.82) is 0 Å². The van der Waals surface area contributed by atoms with Gasteiger partial charge in [-0.3, -0.25) is 4.68 Å². The van der Waals surface area contributed by atoms with Crippen LogP contribution in [0.25, 0.3) is 11.4 Å². The third kappa shape index (κ3) is 3.01. The lowest BCUT2D eigenvalue weighted by Gasteiger charge is -2.10. The molecule has 0 radical (unpaired) electrons. The molecule has 1 unspecified atom stereocenters. The average molecular weight is 340 g/mol. The van der Waals surface area contributed by atoms with Crippen LogP contribution in [-0.2, 0) is 13.2 Å². The zero-order valence-electron chi connectivity index (χ0n) is 12.7. The van der Waals surface area contributed by atoms with E-state index in [1.165, 1.54) is 0 Å². The molecule has 24 heavy (non-hydrogen) atoms. The van der Waals surface area contributed by atoms with Gasteiger partial charge in [0.1, 0.15) is 5.82 Å². The minimum Gasteiger partial charge on any atom is -0.338 e. The number of benzene rings is 1. The summed E-state index contributed by atoms with van der Waals surface area (Å²) in [5.41, 5.74) is -0.705. The van der Waals surface area contributed by atoms with Gasteiger partial charge < -0.3 is 4.52 Å². The predicted octanol–water partition coefficient (Wildman–Crippen LogP) is 3.78. The molecule has 0 N–H and O–H groups in total. The molecule has 3 aromatic rings. The second-order valence-corrected chi connectivity index (χ2v) is 5.31. The van der Waals surface area contributed by atoms with Gasteiger partial charge in [0, 0.05) is 24.4 Å². The third-order valence-corrected chi connectivity index (χ3v) is 3.56. The minimum atomic E-state index is -4.73. The van der Waals surface area contributed by atoms with Gasteiger partial charge in [0.25, 0.3) is 0 Å². The molecule has 2 heterocycles. The maximum absolute atomic E-state index is 13.2. The van der Waals surface area contributed by atoms with Gasteiger partial charge in [-0.1, -0.05) is 5.16 Å². The SMILES string of the molecule is CC(c1cnn(C)c1)c1nc(-c2ccc(F)cc2C(F)(F)F)no1. The van der Waals surface area contributed by atoms with E-state index in [4.69, 9.17) is 4.52 Å². The molecule has 0 fully saturated rings. The first-order valence-electron chi connectivity index (χ1n) is 6.95. The number of hydrogen-bond acceptors (Lipinski definition) is 4. The monoisotopic (exact) mass is 340 g/mol. The lowest BCUT2D eigenvalue weighted by Crippen LogP contribution is -2.08. The maximum atomic E-state index is 13.2. The summed E-state index contributed by atoms with van der Waals surface area (Å²) in [6, 6.07) is 2.32. The Bertz CT molecular complexity index is 868. The van der Waals surface area contributed by atoms with E-state index >= 15 is 0 Å². The molecule has 0 spiro atoms. The quantitative estimate of drug-likeness (QED) is 0.681. The van der Waals surface area contributed by atoms with Gasteiger partial charge in [0.15, 0.2) is 0 Å². The minimum absolute atomic E-state index is 0.149. The van der Waals surface area contributed by atoms with Crippen molar-refractivity contribution in [1.82, 2.24) is 19.9 Å². The molecule has 0 aliphatic carbocycles. The molecule has 0 saturated carbocycles. The summed E-state index contributed by atoms with van der Waals surface area (Å²) in [4.78, 5) is 4.03. The smallest absolute Gasteiger partial charge is 0.338 e. The van der Waals surface area contributed by atoms with E-state index < -0.39 is 17.6 Å². The van der Waals surface area contributed by atoms with Crippen LogP contribution < -0.4 is 0 Å². The van der Waals surface area contributed by atoms with Crippen molar-refractivity contribution in [2.75, 3.05) is 0 Å². The van der Waals surface area contributed by atoms with E-state index in [-0.39, 0.29) is 23.2 Å². The third-order valence-electron chi connectivity index (χ3n) is 3.56. The molecule has 0 aliphatic rings. The van der Waals surface area contributed by atoms with Crippen molar-refractivity contribution in [2.45, 2.75) is 19.0 Å². The van der Waals surface area contributed by atoms with E-state index in [1.54, 1.807) is 31.0 Å². The highest BCUT2D eigenvalue weighted by Gasteiger charge is 2.35. The van der Waals surface area contributed by atoms with Gasteiger partial charge in [0.2, 0.25) is 11.7 Å². The predicted molar refractivity (Wildman–Crippen MR) is 75.4 cm³/mol. The van der Waals surface area contributed by atoms with Gasteiger partial charge in [-0.05, 0) is 25.1 Å². The first-order valence-corrected chi connectivity index (χ1v) is 6.95. The van der Waals surface area contributed by atoms with E-state index in [2.05, 4.69) is 15.2 Å². The van der Waals surface area contributed by atoms with Crippen LogP contribution in [0.2, 0.25) is 0 Å². The van der Waals surface area contributed by atoms with Gasteiger partial charge in [-0.15, -0.1) is 0 Å². The van der Waals surface area contributed by atoms with Crippen molar-refractivity contribution >= 4 is 0 Å². The normalized spacial score (nSPS) is 13.2. The highest BCUT2D eigenvalue weighted by molar-refractivity contribution is 5.60. The Kier molecular flexibility index (Phi) is 3.86. The summed E-state index contributed by atoms with van der Waals surface area (Å²) < 4.78 is 59.1. The lowest BCUT2D eigenvalue weighted by atomic mass is 10.0. The molecule has 1 atom stereocenters. The fourth-order valence-corrected chi connectivity index (χ4v) is 2.27. The van der Waals surface area contributed by atoms with Crippen LogP contribution in [-0.4, -0.2) is 19.9 Å². The van der Waals surface area contributed by atoms with E-state index in [1.807, 2.05) is 0 Å². The summed E-state index contributed by atoms with van der Waals surface area (Å²) in [5.74, 6) is -1.42. The van der Waals surface area contributed by atoms with Crippen LogP contribution in [0.1, 0.15) is 29.9 Å². The summed E-state index contributed by atoms with van der Waals surface area (Å²) in [7, 11) is 1.74. The first-order chi connectivity index (χ1) is 11.3. The number of halogens is 4. The van der Waals surface area contributed by atoms with Crippen molar-refractivity contribution in [3.63, 3.8) is 0 Å². The topological polar surface area (TPSA) is 56.7 Å². The van der Waals surface area contributed by atoms with E-state index in [0.717, 1.165) is 17.7 Å². The standard InChI is InChI=1S/C15H12F4N4O/c1-8(9-6-20-23(2)7-9)14-21-13(22-24-14)11-4-3-10(16)5-12(11)15(17,18)19/h3-8H,1-2H3. The number of aryl methyl sites for hydroxylation is 1. The van der Waals surface area contributed by atoms with Crippen LogP contribution in [0.5, 0.6) is 0 Å². The molecule has 0 aliphatic heterocycles. The molecule has 2 aromatic heterocycles. The fraction of sp³-hybridized carbons (Fsp3) is 0.267. The maximum Gasteiger partial charge on any atom is 0.417 e. The van der Waals surface area contributed by atoms with E-state index in [9.17, 15) is 17.6 Å². The van der Waals surface area contributed by atoms with Crippen molar-refractivity contribution < 1.29 is 22.1 Å². The number of rotatable bonds is 3. The average Bonchev–Trinajstić information content (AvgIpc) is 3.14. The molecule has 126 valence electrons. The zero-order chi connectivity index (χ0) is 17.5. The number of aromatic nitrogens is 4. The molecular weight excluding hydrogens is 328 g/mol. The fourth-order valence-electron chi connectivity index (χ4n) is 2.27. The van der Waals surface area contributed by atoms with Crippen LogP contribution in [0.3, 0.4) is 0 Å². The van der Waals surface area contributed by atoms with Gasteiger partial charge >= 0.3 is 6.18 Å². The van der Waals surface area contributed by atoms with Gasteiger partial charge in [0.05, 0.1) is 17.7 Å². The molecule has 0 amide bonds. The Balaban J connectivity index is 2.00. The van der Waals surface area contributed by atoms with Crippen LogP contribution >= 0.6 is 0 Å². The number of alkyl halides is 3. The zero-order valence-corrected chi connectivity index (χ0v) is 12.7. The molecular formula is C15H12F4N4O. The second kappa shape index (κ2) is 5.73. The molecule has 0 bridgehead atoms. The van der Waals surface area contributed by atoms with Crippen LogP contribution in [0.4, 0.5) is 17.6 Å². The lowest BCUT2D eigenvalue weighted by molar-refractivity contribution is -0.137. The largest absolute Gasteiger partial charge is 0.417 e. The highest BCUT2D eigenvalue weighted by atomic mass is 19.4. The molecule has 5 nitrogen and oxygen atoms in total. The van der Waals surface area contributed by atoms with Crippen LogP contribution in [0.15, 0.2) is 35.1 Å². The summed E-state index contributed by atoms with van der Waals surface area (Å²) in [6.07, 6.45) is -1.38. The summed E-state index contributed by atoms with van der Waals surface area (Å²) >= 11 is 0. The van der Waals surface area contributed by atoms with Crippen LogP contribution in [0, 0.1) is 5.82 Å². The number of hydrogen-bond donors (Lipinski definition) is 0. The summed E-state index contributed by atoms with van der Waals surface area (Å²) in [6.45, 7) is 1.77. The highest BCUT2D eigenvalue weighted by Crippen LogP contribution is 2.37. The van der Waals surface area contributed by atoms with E-state index in [0.29, 0.717) is 6.07 Å². The number of nitrogens with zero attached hydrogens (tertiary/aromatic N) is 4. The first kappa shape index (κ1) is 16.2. The summed E-state index contributed by atoms with van der Waals surface area (Å²) in [5, 5.41) is 7.63. The molecule has 0 saturated heterocycles. The Morgan fingerprint density at radius 1 is 1.25 bits per heavy atom. The Morgan fingerprint density at radius 3 is 2.62 bits per heavy atom. The molecule has 1 aromatic carbocycles. The van der Waals surface area contributed by atoms with Gasteiger partial charge in [-0.25, -0.2) is 4.39 Å². The van der Waals surface area contributed by atoms with Gasteiger partial charge in [-0.2, -0.15) is 23.3 Å². The van der Waals surface area contributed by atoms with Crippen molar-refractivity contribution in [2.24, 2.45) is 7.05 Å². The Hall–Kier alpha value is -2.71. The molecule has 3 rings (SSSR count). The Morgan fingerprint density at radius 2 is 2.00 bits per heavy atom. The van der Waals surface area contributed by atoms with Crippen molar-refractivity contribution in [3.8, 4) is 11.4 Å². The molecule has 9 heteroatoms. The second-order valence-electron chi connectivity index (χ2n) is 5.31.